The molecule has 0 bridgehead atoms. The summed E-state index contributed by atoms with van der Waals surface area (Å²) in [6, 6.07) is 50.3. The molecule has 5 aromatic carbocycles. The van der Waals surface area contributed by atoms with Gasteiger partial charge in [0.15, 0.2) is 0 Å². The summed E-state index contributed by atoms with van der Waals surface area (Å²) in [4.78, 5) is 38.4. The van der Waals surface area contributed by atoms with Gasteiger partial charge in [-0.3, -0.25) is 14.9 Å². The van der Waals surface area contributed by atoms with E-state index in [9.17, 15) is 15.4 Å². The number of hydrogen-bond donors (Lipinski definition) is 0. The number of thiophene rings is 4. The Morgan fingerprint density at radius 3 is 1.64 bits per heavy atom. The molecule has 0 atom stereocenters. The Kier molecular flexibility index (Phi) is 25.1. The number of carbonyl (C=O) groups is 1. The summed E-state index contributed by atoms with van der Waals surface area (Å²) < 4.78 is 21.3. The molecule has 99 heavy (non-hydrogen) atoms. The first-order valence-corrected chi connectivity index (χ1v) is 41.8. The molecule has 0 N–H and O–H groups in total. The molecule has 0 aliphatic heterocycles. The molecular formula is C84H98N4O6S4Si. The predicted molar refractivity (Wildman–Crippen MR) is 423 cm³/mol. The lowest BCUT2D eigenvalue weighted by Crippen LogP contribution is -2.57. The van der Waals surface area contributed by atoms with Crippen LogP contribution in [-0.2, 0) is 49.2 Å². The lowest BCUT2D eigenvalue weighted by atomic mass is 9.82. The first-order valence-electron chi connectivity index (χ1n) is 36.6. The van der Waals surface area contributed by atoms with Crippen molar-refractivity contribution in [2.24, 2.45) is 0 Å². The van der Waals surface area contributed by atoms with Crippen molar-refractivity contribution in [2.45, 2.75) is 196 Å². The van der Waals surface area contributed by atoms with Crippen LogP contribution in [0.1, 0.15) is 203 Å². The molecule has 5 aromatic heterocycles. The number of nitriles is 1. The van der Waals surface area contributed by atoms with Gasteiger partial charge in [0, 0.05) is 92.8 Å². The summed E-state index contributed by atoms with van der Waals surface area (Å²) in [7, 11) is -3.62. The molecule has 5 heterocycles. The SMILES string of the molecule is CCCCCCc1cc(-c2sc(-c3sc(-c4sc(-c5ccc6c(c5)c5ccccc5n6-c5ccc6c(c5)C(C)(C)c5ccccc5-6)cc4CCCCCC)cc3CCCCCC)cc2CCCCCC)sc1/C=C(\C#N)C(=O)N(C[Si](OCC)(OCC)OCC)c1cccc([N+](=O)[O-])c1. The topological polar surface area (TPSA) is 120 Å². The molecular weight excluding hydrogens is 1320 g/mol. The number of rotatable bonds is 37. The number of hydrogen-bond acceptors (Lipinski definition) is 11. The van der Waals surface area contributed by atoms with E-state index < -0.39 is 19.6 Å². The third-order valence-corrected chi connectivity index (χ3v) is 27.7. The van der Waals surface area contributed by atoms with Crippen LogP contribution in [-0.4, -0.2) is 50.2 Å². The molecule has 10 nitrogen and oxygen atoms in total. The second-order valence-electron chi connectivity index (χ2n) is 26.9. The number of para-hydroxylation sites is 1. The van der Waals surface area contributed by atoms with E-state index in [1.165, 1.54) is 163 Å². The number of amides is 1. The minimum atomic E-state index is -3.62. The van der Waals surface area contributed by atoms with Crippen molar-refractivity contribution in [3.8, 4) is 62.6 Å². The van der Waals surface area contributed by atoms with Crippen molar-refractivity contribution in [1.82, 2.24) is 4.57 Å². The molecule has 0 spiro atoms. The van der Waals surface area contributed by atoms with Gasteiger partial charge in [-0.25, -0.2) is 0 Å². The van der Waals surface area contributed by atoms with Crippen LogP contribution in [0, 0.1) is 21.4 Å². The minimum Gasteiger partial charge on any atom is -0.373 e. The van der Waals surface area contributed by atoms with Crippen molar-refractivity contribution in [2.75, 3.05) is 30.9 Å². The van der Waals surface area contributed by atoms with Crippen molar-refractivity contribution in [3.63, 3.8) is 0 Å². The summed E-state index contributed by atoms with van der Waals surface area (Å²) in [6.45, 7) is 20.1. The molecule has 11 rings (SSSR count). The van der Waals surface area contributed by atoms with E-state index in [4.69, 9.17) is 13.3 Å². The highest BCUT2D eigenvalue weighted by Gasteiger charge is 2.45. The molecule has 15 heteroatoms. The van der Waals surface area contributed by atoms with Crippen LogP contribution < -0.4 is 4.90 Å². The molecule has 0 unspecified atom stereocenters. The minimum absolute atomic E-state index is 0.0842. The van der Waals surface area contributed by atoms with Crippen LogP contribution in [0.5, 0.6) is 0 Å². The first-order chi connectivity index (χ1) is 48.2. The van der Waals surface area contributed by atoms with Gasteiger partial charge >= 0.3 is 8.80 Å². The summed E-state index contributed by atoms with van der Waals surface area (Å²) in [5, 5.41) is 25.9. The zero-order chi connectivity index (χ0) is 69.6. The smallest absolute Gasteiger partial charge is 0.373 e. The molecule has 518 valence electrons. The lowest BCUT2D eigenvalue weighted by Gasteiger charge is -2.33. The van der Waals surface area contributed by atoms with Gasteiger partial charge in [0.1, 0.15) is 11.6 Å². The van der Waals surface area contributed by atoms with Crippen LogP contribution in [0.2, 0.25) is 0 Å². The molecule has 0 saturated heterocycles. The van der Waals surface area contributed by atoms with Crippen molar-refractivity contribution >= 4 is 99.3 Å². The number of carbonyl (C=O) groups excluding carboxylic acids is 1. The number of nitro groups is 1. The number of aryl methyl sites for hydroxylation is 4. The van der Waals surface area contributed by atoms with Gasteiger partial charge in [-0.05, 0) is 189 Å². The highest BCUT2D eigenvalue weighted by Crippen LogP contribution is 2.52. The summed E-state index contributed by atoms with van der Waals surface area (Å²) in [5.41, 5.74) is 15.5. The number of non-ortho nitro benzene ring substituents is 1. The maximum absolute atomic E-state index is 15.3. The predicted octanol–water partition coefficient (Wildman–Crippen LogP) is 24.9. The lowest BCUT2D eigenvalue weighted by molar-refractivity contribution is -0.384. The summed E-state index contributed by atoms with van der Waals surface area (Å²) in [5.74, 6) is -0.607. The van der Waals surface area contributed by atoms with Gasteiger partial charge in [-0.2, -0.15) is 5.26 Å². The van der Waals surface area contributed by atoms with Gasteiger partial charge in [-0.1, -0.05) is 179 Å². The average molecular weight is 1420 g/mol. The van der Waals surface area contributed by atoms with E-state index in [0.29, 0.717) is 0 Å². The maximum Gasteiger partial charge on any atom is 0.521 e. The van der Waals surface area contributed by atoms with Crippen molar-refractivity contribution in [3.05, 3.63) is 187 Å². The molecule has 0 fully saturated rings. The molecule has 1 amide bonds. The van der Waals surface area contributed by atoms with E-state index >= 15 is 4.79 Å². The Morgan fingerprint density at radius 1 is 0.545 bits per heavy atom. The number of benzene rings is 5. The Hall–Kier alpha value is -7.10. The average Bonchev–Trinajstić information content (AvgIpc) is 1.57. The van der Waals surface area contributed by atoms with Crippen LogP contribution in [0.15, 0.2) is 139 Å². The monoisotopic (exact) mass is 1410 g/mol. The summed E-state index contributed by atoms with van der Waals surface area (Å²) >= 11 is 7.51. The number of nitro benzene ring substituents is 1. The fraction of sp³-hybridized carbons (Fsp3) is 0.405. The van der Waals surface area contributed by atoms with Crippen LogP contribution in [0.3, 0.4) is 0 Å². The highest BCUT2D eigenvalue weighted by atomic mass is 32.1. The van der Waals surface area contributed by atoms with Crippen LogP contribution in [0.4, 0.5) is 11.4 Å². The number of aromatic nitrogens is 1. The summed E-state index contributed by atoms with van der Waals surface area (Å²) in [6.07, 6.45) is 23.8. The quantitative estimate of drug-likeness (QED) is 0.00950. The fourth-order valence-electron chi connectivity index (χ4n) is 14.5. The molecule has 1 aliphatic rings. The van der Waals surface area contributed by atoms with Gasteiger partial charge in [0.25, 0.3) is 11.6 Å². The highest BCUT2D eigenvalue weighted by molar-refractivity contribution is 7.29. The Morgan fingerprint density at radius 2 is 1.06 bits per heavy atom. The Bertz CT molecular complexity index is 4500. The number of fused-ring (bicyclic) bond motifs is 6. The van der Waals surface area contributed by atoms with E-state index in [-0.39, 0.29) is 48.4 Å². The molecule has 10 aromatic rings. The molecule has 0 radical (unpaired) electrons. The fourth-order valence-corrected chi connectivity index (χ4v) is 22.2. The van der Waals surface area contributed by atoms with Crippen molar-refractivity contribution in [1.29, 1.82) is 5.26 Å². The number of anilines is 1. The number of unbranched alkanes of at least 4 members (excludes halogenated alkanes) is 12. The number of nitrogens with zero attached hydrogens (tertiary/aromatic N) is 4. The molecule has 1 aliphatic carbocycles. The Balaban J connectivity index is 1.00. The Labute approximate surface area is 604 Å². The standard InChI is InChI=1S/C84H98N4O6S4Si/c1-10-17-21-25-34-58-49-77(95-75(58)53-63(56-85)83(89)86(64-38-33-39-66(54-64)88(90)91)57-99(92-14-5,93-15-6)94-16-7)80-61(36-27-23-19-12-3)51-79(97-80)82-62(37-28-24-20-13-4)52-78(98-82)81-60(35-26-22-18-11-2)50-76(96-81)59-44-47-74-70(48-59)69-41-30-32-43-73(69)87(74)65-45-46-68-67-40-29-31-42-71(67)84(8,9)72(68)55-65/h29-33,38-55H,10-28,34-37,57H2,1-9H3/b63-53+. The maximum atomic E-state index is 15.3. The van der Waals surface area contributed by atoms with Crippen molar-refractivity contribution < 1.29 is 23.0 Å². The van der Waals surface area contributed by atoms with E-state index in [1.54, 1.807) is 29.5 Å². The van der Waals surface area contributed by atoms with Crippen LogP contribution in [0.25, 0.3) is 84.4 Å². The van der Waals surface area contributed by atoms with Crippen LogP contribution >= 0.6 is 45.3 Å². The largest absolute Gasteiger partial charge is 0.521 e. The zero-order valence-corrected chi connectivity index (χ0v) is 63.9. The van der Waals surface area contributed by atoms with E-state index in [2.05, 4.69) is 161 Å². The van der Waals surface area contributed by atoms with Gasteiger partial charge in [0.2, 0.25) is 0 Å². The van der Waals surface area contributed by atoms with Gasteiger partial charge < -0.3 is 22.7 Å². The second kappa shape index (κ2) is 34.0. The zero-order valence-electron chi connectivity index (χ0n) is 59.6. The normalized spacial score (nSPS) is 12.8. The third kappa shape index (κ3) is 16.3. The first kappa shape index (κ1) is 73.1. The third-order valence-electron chi connectivity index (χ3n) is 19.6. The van der Waals surface area contributed by atoms with Gasteiger partial charge in [0.05, 0.1) is 27.8 Å². The van der Waals surface area contributed by atoms with E-state index in [0.717, 1.165) is 98.8 Å². The van der Waals surface area contributed by atoms with E-state index in [1.807, 2.05) is 54.8 Å². The molecule has 0 saturated carbocycles. The van der Waals surface area contributed by atoms with Gasteiger partial charge in [-0.15, -0.1) is 45.3 Å². The second-order valence-corrected chi connectivity index (χ2v) is 33.7.